The largest absolute Gasteiger partial charge is 0.393 e. The molecule has 1 N–H and O–H groups in total. The molecule has 1 heterocycles. The summed E-state index contributed by atoms with van der Waals surface area (Å²) in [5.41, 5.74) is 2.05. The summed E-state index contributed by atoms with van der Waals surface area (Å²) in [6.07, 6.45) is 2.80. The van der Waals surface area contributed by atoms with Crippen LogP contribution in [0.25, 0.3) is 0 Å². The van der Waals surface area contributed by atoms with E-state index < -0.39 is 0 Å². The molecule has 1 saturated carbocycles. The third kappa shape index (κ3) is 2.36. The van der Waals surface area contributed by atoms with Crippen LogP contribution < -0.4 is 0 Å². The lowest BCUT2D eigenvalue weighted by Crippen LogP contribution is -2.18. The van der Waals surface area contributed by atoms with Crippen molar-refractivity contribution < 1.29 is 5.11 Å². The highest BCUT2D eigenvalue weighted by Crippen LogP contribution is 2.36. The Balaban J connectivity index is 2.18. The predicted molar refractivity (Wildman–Crippen MR) is 69.2 cm³/mol. The standard InChI is InChI=1S/C13H21ClN2O/c1-4-16-11(13(14)9(3)15-16)7-10-5-6-12(17)8(10)2/h8,10,12,17H,4-7H2,1-3H3. The van der Waals surface area contributed by atoms with Crippen molar-refractivity contribution in [2.24, 2.45) is 11.8 Å². The Bertz CT molecular complexity index is 402. The van der Waals surface area contributed by atoms with Crippen LogP contribution in [0.5, 0.6) is 0 Å². The van der Waals surface area contributed by atoms with E-state index in [0.717, 1.165) is 42.2 Å². The van der Waals surface area contributed by atoms with Crippen molar-refractivity contribution in [3.8, 4) is 0 Å². The van der Waals surface area contributed by atoms with Gasteiger partial charge in [-0.15, -0.1) is 0 Å². The van der Waals surface area contributed by atoms with Gasteiger partial charge >= 0.3 is 0 Å². The Hall–Kier alpha value is -0.540. The second-order valence-corrected chi connectivity index (χ2v) is 5.51. The summed E-state index contributed by atoms with van der Waals surface area (Å²) in [6, 6.07) is 0. The first kappa shape index (κ1) is 12.9. The summed E-state index contributed by atoms with van der Waals surface area (Å²) in [5.74, 6) is 0.899. The summed E-state index contributed by atoms with van der Waals surface area (Å²) in [4.78, 5) is 0. The van der Waals surface area contributed by atoms with Crippen molar-refractivity contribution in [1.82, 2.24) is 9.78 Å². The summed E-state index contributed by atoms with van der Waals surface area (Å²) in [6.45, 7) is 7.02. The molecule has 0 aromatic carbocycles. The summed E-state index contributed by atoms with van der Waals surface area (Å²) < 4.78 is 2.00. The first-order chi connectivity index (χ1) is 8.04. The second kappa shape index (κ2) is 4.99. The van der Waals surface area contributed by atoms with Gasteiger partial charge in [-0.05, 0) is 44.9 Å². The van der Waals surface area contributed by atoms with Gasteiger partial charge in [0, 0.05) is 6.54 Å². The highest BCUT2D eigenvalue weighted by Gasteiger charge is 2.32. The molecule has 0 aliphatic heterocycles. The van der Waals surface area contributed by atoms with Crippen molar-refractivity contribution >= 4 is 11.6 Å². The van der Waals surface area contributed by atoms with E-state index in [1.165, 1.54) is 0 Å². The topological polar surface area (TPSA) is 38.0 Å². The number of halogens is 1. The number of hydrogen-bond acceptors (Lipinski definition) is 2. The van der Waals surface area contributed by atoms with E-state index in [9.17, 15) is 5.11 Å². The number of hydrogen-bond donors (Lipinski definition) is 1. The Morgan fingerprint density at radius 1 is 1.47 bits per heavy atom. The van der Waals surface area contributed by atoms with Crippen LogP contribution in [0.2, 0.25) is 5.02 Å². The molecular weight excluding hydrogens is 236 g/mol. The van der Waals surface area contributed by atoms with Crippen LogP contribution >= 0.6 is 11.6 Å². The molecule has 1 fully saturated rings. The zero-order chi connectivity index (χ0) is 12.6. The van der Waals surface area contributed by atoms with Gasteiger partial charge in [0.25, 0.3) is 0 Å². The van der Waals surface area contributed by atoms with Crippen LogP contribution in [-0.4, -0.2) is 21.0 Å². The van der Waals surface area contributed by atoms with Crippen LogP contribution in [0.4, 0.5) is 0 Å². The number of aliphatic hydroxyl groups is 1. The molecule has 3 atom stereocenters. The average molecular weight is 257 g/mol. The predicted octanol–water partition coefficient (Wildman–Crippen LogP) is 2.81. The maximum atomic E-state index is 9.79. The van der Waals surface area contributed by atoms with E-state index in [0.29, 0.717) is 11.8 Å². The quantitative estimate of drug-likeness (QED) is 0.903. The van der Waals surface area contributed by atoms with Crippen LogP contribution in [0.3, 0.4) is 0 Å². The minimum absolute atomic E-state index is 0.141. The summed E-state index contributed by atoms with van der Waals surface area (Å²) in [5, 5.41) is 15.0. The second-order valence-electron chi connectivity index (χ2n) is 5.13. The molecule has 3 unspecified atom stereocenters. The molecule has 0 amide bonds. The fraction of sp³-hybridized carbons (Fsp3) is 0.769. The molecule has 1 aliphatic rings. The van der Waals surface area contributed by atoms with Crippen molar-refractivity contribution in [3.05, 3.63) is 16.4 Å². The zero-order valence-corrected chi connectivity index (χ0v) is 11.5. The molecule has 3 nitrogen and oxygen atoms in total. The van der Waals surface area contributed by atoms with Crippen molar-refractivity contribution in [1.29, 1.82) is 0 Å². The van der Waals surface area contributed by atoms with Crippen LogP contribution in [-0.2, 0) is 13.0 Å². The van der Waals surface area contributed by atoms with Crippen molar-refractivity contribution in [2.75, 3.05) is 0 Å². The Morgan fingerprint density at radius 2 is 2.18 bits per heavy atom. The monoisotopic (exact) mass is 256 g/mol. The Kier molecular flexibility index (Phi) is 3.79. The molecule has 1 aliphatic carbocycles. The number of rotatable bonds is 3. The smallest absolute Gasteiger partial charge is 0.0847 e. The van der Waals surface area contributed by atoms with E-state index in [2.05, 4.69) is 18.9 Å². The third-order valence-electron chi connectivity index (χ3n) is 4.09. The third-order valence-corrected chi connectivity index (χ3v) is 4.58. The number of aliphatic hydroxyl groups excluding tert-OH is 1. The number of aromatic nitrogens is 2. The van der Waals surface area contributed by atoms with Gasteiger partial charge in [-0.25, -0.2) is 0 Å². The first-order valence-electron chi connectivity index (χ1n) is 6.44. The molecule has 96 valence electrons. The molecule has 2 rings (SSSR count). The normalized spacial score (nSPS) is 28.9. The molecule has 0 radical (unpaired) electrons. The fourth-order valence-electron chi connectivity index (χ4n) is 2.83. The molecule has 0 bridgehead atoms. The van der Waals surface area contributed by atoms with Gasteiger partial charge in [0.15, 0.2) is 0 Å². The Morgan fingerprint density at radius 3 is 2.71 bits per heavy atom. The van der Waals surface area contributed by atoms with Gasteiger partial charge in [0.05, 0.1) is 22.5 Å². The molecule has 0 saturated heterocycles. The molecular formula is C13H21ClN2O. The van der Waals surface area contributed by atoms with Crippen LogP contribution in [0, 0.1) is 18.8 Å². The van der Waals surface area contributed by atoms with Gasteiger partial charge in [-0.2, -0.15) is 5.10 Å². The Labute approximate surface area is 108 Å². The minimum atomic E-state index is -0.141. The lowest BCUT2D eigenvalue weighted by molar-refractivity contribution is 0.127. The molecule has 4 heteroatoms. The highest BCUT2D eigenvalue weighted by atomic mass is 35.5. The van der Waals surface area contributed by atoms with Gasteiger partial charge in [0.1, 0.15) is 0 Å². The number of nitrogens with zero attached hydrogens (tertiary/aromatic N) is 2. The lowest BCUT2D eigenvalue weighted by Gasteiger charge is -2.18. The van der Waals surface area contributed by atoms with E-state index in [1.807, 2.05) is 11.6 Å². The van der Waals surface area contributed by atoms with Gasteiger partial charge in [-0.1, -0.05) is 18.5 Å². The molecule has 1 aromatic heterocycles. The fourth-order valence-corrected chi connectivity index (χ4v) is 3.04. The maximum absolute atomic E-state index is 9.79. The SMILES string of the molecule is CCn1nc(C)c(Cl)c1CC1CCC(O)C1C. The van der Waals surface area contributed by atoms with Gasteiger partial charge in [-0.3, -0.25) is 4.68 Å². The van der Waals surface area contributed by atoms with E-state index in [1.54, 1.807) is 0 Å². The van der Waals surface area contributed by atoms with E-state index in [-0.39, 0.29) is 6.10 Å². The van der Waals surface area contributed by atoms with Gasteiger partial charge in [0.2, 0.25) is 0 Å². The van der Waals surface area contributed by atoms with Crippen molar-refractivity contribution in [3.63, 3.8) is 0 Å². The molecule has 17 heavy (non-hydrogen) atoms. The number of aryl methyl sites for hydroxylation is 2. The highest BCUT2D eigenvalue weighted by molar-refractivity contribution is 6.31. The van der Waals surface area contributed by atoms with Crippen molar-refractivity contribution in [2.45, 2.75) is 52.7 Å². The average Bonchev–Trinajstić information content (AvgIpc) is 2.76. The summed E-state index contributed by atoms with van der Waals surface area (Å²) >= 11 is 6.31. The summed E-state index contributed by atoms with van der Waals surface area (Å²) in [7, 11) is 0. The maximum Gasteiger partial charge on any atom is 0.0847 e. The zero-order valence-electron chi connectivity index (χ0n) is 10.8. The lowest BCUT2D eigenvalue weighted by atomic mass is 9.92. The van der Waals surface area contributed by atoms with E-state index >= 15 is 0 Å². The van der Waals surface area contributed by atoms with Crippen LogP contribution in [0.1, 0.15) is 38.1 Å². The minimum Gasteiger partial charge on any atom is -0.393 e. The molecule has 0 spiro atoms. The first-order valence-corrected chi connectivity index (χ1v) is 6.82. The van der Waals surface area contributed by atoms with Gasteiger partial charge < -0.3 is 5.11 Å². The molecule has 1 aromatic rings. The van der Waals surface area contributed by atoms with Crippen LogP contribution in [0.15, 0.2) is 0 Å². The van der Waals surface area contributed by atoms with E-state index in [4.69, 9.17) is 11.6 Å².